The first-order valence-corrected chi connectivity index (χ1v) is 13.1. The highest BCUT2D eigenvalue weighted by Crippen LogP contribution is 2.24. The van der Waals surface area contributed by atoms with Gasteiger partial charge in [-0.05, 0) is 57.4 Å². The summed E-state index contributed by atoms with van der Waals surface area (Å²) in [5.74, 6) is -1.76. The number of carbonyl (C=O) groups excluding carboxylic acids is 3. The summed E-state index contributed by atoms with van der Waals surface area (Å²) in [4.78, 5) is 40.0. The molecule has 0 heterocycles. The molecule has 0 aromatic heterocycles. The zero-order chi connectivity index (χ0) is 24.7. The van der Waals surface area contributed by atoms with Crippen LogP contribution in [0.3, 0.4) is 0 Å². The fraction of sp³-hybridized carbons (Fsp3) is 0.423. The fourth-order valence-electron chi connectivity index (χ4n) is 4.14. The number of nitrogens with one attached hydrogen (secondary N) is 2. The van der Waals surface area contributed by atoms with Gasteiger partial charge in [0.1, 0.15) is 17.5 Å². The van der Waals surface area contributed by atoms with Crippen LogP contribution in [0.2, 0.25) is 0 Å². The maximum absolute atomic E-state index is 13.3. The summed E-state index contributed by atoms with van der Waals surface area (Å²) in [6, 6.07) is 13.9. The van der Waals surface area contributed by atoms with E-state index in [4.69, 9.17) is 0 Å². The van der Waals surface area contributed by atoms with Crippen molar-refractivity contribution in [3.05, 3.63) is 59.7 Å². The second-order valence-electron chi connectivity index (χ2n) is 8.86. The molecule has 182 valence electrons. The Morgan fingerprint density at radius 2 is 1.65 bits per heavy atom. The topological polar surface area (TPSA) is 95.6 Å². The highest BCUT2D eigenvalue weighted by Gasteiger charge is 2.31. The lowest BCUT2D eigenvalue weighted by Crippen LogP contribution is -2.51. The van der Waals surface area contributed by atoms with Crippen LogP contribution < -0.4 is 15.5 Å². The number of para-hydroxylation sites is 1. The van der Waals surface area contributed by atoms with Gasteiger partial charge in [-0.15, -0.1) is 0 Å². The molecule has 8 heteroatoms. The van der Waals surface area contributed by atoms with Crippen molar-refractivity contribution >= 4 is 39.9 Å². The van der Waals surface area contributed by atoms with Crippen LogP contribution in [0.5, 0.6) is 0 Å². The minimum absolute atomic E-state index is 0.128. The average Bonchev–Trinajstić information content (AvgIpc) is 3.29. The van der Waals surface area contributed by atoms with Crippen LogP contribution in [0.4, 0.5) is 11.4 Å². The van der Waals surface area contributed by atoms with E-state index in [0.29, 0.717) is 11.4 Å². The molecular formula is C26H33N3O4S. The van der Waals surface area contributed by atoms with E-state index in [9.17, 15) is 18.6 Å². The molecule has 2 aromatic carbocycles. The number of nitrogens with zero attached hydrogens (tertiary/aromatic N) is 1. The van der Waals surface area contributed by atoms with E-state index >= 15 is 0 Å². The Balaban J connectivity index is 1.68. The molecule has 2 atom stereocenters. The smallest absolute Gasteiger partial charge is 0.243 e. The van der Waals surface area contributed by atoms with E-state index in [1.54, 1.807) is 31.2 Å². The lowest BCUT2D eigenvalue weighted by Gasteiger charge is -2.30. The minimum atomic E-state index is -1.73. The second-order valence-corrected chi connectivity index (χ2v) is 10.3. The Bertz CT molecular complexity index is 1050. The summed E-state index contributed by atoms with van der Waals surface area (Å²) in [6.45, 7) is 5.49. The van der Waals surface area contributed by atoms with Crippen LogP contribution in [0.25, 0.3) is 0 Å². The van der Waals surface area contributed by atoms with E-state index in [2.05, 4.69) is 10.6 Å². The third kappa shape index (κ3) is 7.00. The monoisotopic (exact) mass is 483 g/mol. The van der Waals surface area contributed by atoms with Crippen molar-refractivity contribution in [3.63, 3.8) is 0 Å². The standard InChI is InChI=1S/C26H33N3O4S/c1-18-12-14-22(15-13-18)27-24(30)16-34(33)17-25(31)29(23-11-7-4-8-19(23)2)20(3)26(32)28-21-9-5-6-10-21/h4,7-8,11-15,20-21H,5-6,9-10,16-17H2,1-3H3,(H,27,30)(H,28,32). The lowest BCUT2D eigenvalue weighted by molar-refractivity contribution is -0.125. The van der Waals surface area contributed by atoms with Gasteiger partial charge >= 0.3 is 0 Å². The Morgan fingerprint density at radius 1 is 1.00 bits per heavy atom. The van der Waals surface area contributed by atoms with Gasteiger partial charge in [0, 0.05) is 28.2 Å². The normalized spacial score (nSPS) is 15.4. The molecule has 1 saturated carbocycles. The largest absolute Gasteiger partial charge is 0.352 e. The maximum atomic E-state index is 13.3. The number of anilines is 2. The van der Waals surface area contributed by atoms with Gasteiger partial charge in [0.2, 0.25) is 17.7 Å². The Labute approximate surface area is 203 Å². The molecule has 1 fully saturated rings. The number of amides is 3. The summed E-state index contributed by atoms with van der Waals surface area (Å²) < 4.78 is 12.7. The Hall–Kier alpha value is -3.00. The third-order valence-electron chi connectivity index (χ3n) is 6.02. The molecule has 34 heavy (non-hydrogen) atoms. The van der Waals surface area contributed by atoms with Gasteiger partial charge in [0.25, 0.3) is 0 Å². The number of benzene rings is 2. The zero-order valence-corrected chi connectivity index (χ0v) is 20.8. The van der Waals surface area contributed by atoms with Gasteiger partial charge in [-0.3, -0.25) is 23.5 Å². The number of rotatable bonds is 9. The molecule has 0 spiro atoms. The van der Waals surface area contributed by atoms with Crippen LogP contribution in [0, 0.1) is 13.8 Å². The van der Waals surface area contributed by atoms with Crippen molar-refractivity contribution in [2.75, 3.05) is 21.7 Å². The molecule has 2 N–H and O–H groups in total. The number of carbonyl (C=O) groups is 3. The molecular weight excluding hydrogens is 450 g/mol. The lowest BCUT2D eigenvalue weighted by atomic mass is 10.1. The molecule has 3 rings (SSSR count). The molecule has 0 radical (unpaired) electrons. The van der Waals surface area contributed by atoms with Crippen molar-refractivity contribution in [1.82, 2.24) is 5.32 Å². The quantitative estimate of drug-likeness (QED) is 0.571. The van der Waals surface area contributed by atoms with Crippen LogP contribution in [-0.4, -0.2) is 45.5 Å². The number of hydrogen-bond donors (Lipinski definition) is 2. The summed E-state index contributed by atoms with van der Waals surface area (Å²) >= 11 is 0. The van der Waals surface area contributed by atoms with Crippen molar-refractivity contribution < 1.29 is 18.6 Å². The van der Waals surface area contributed by atoms with E-state index in [1.165, 1.54) is 4.90 Å². The Morgan fingerprint density at radius 3 is 2.29 bits per heavy atom. The summed E-state index contributed by atoms with van der Waals surface area (Å²) in [5.41, 5.74) is 3.11. The van der Waals surface area contributed by atoms with Crippen LogP contribution in [0.15, 0.2) is 48.5 Å². The summed E-state index contributed by atoms with van der Waals surface area (Å²) in [5, 5.41) is 5.75. The molecule has 0 bridgehead atoms. The van der Waals surface area contributed by atoms with Gasteiger partial charge in [0.05, 0.1) is 0 Å². The first-order chi connectivity index (χ1) is 16.2. The molecule has 2 aromatic rings. The predicted molar refractivity (Wildman–Crippen MR) is 136 cm³/mol. The van der Waals surface area contributed by atoms with E-state index in [-0.39, 0.29) is 23.5 Å². The van der Waals surface area contributed by atoms with Gasteiger partial charge in [0.15, 0.2) is 0 Å². The van der Waals surface area contributed by atoms with Crippen molar-refractivity contribution in [3.8, 4) is 0 Å². The summed E-state index contributed by atoms with van der Waals surface area (Å²) in [7, 11) is -1.73. The molecule has 0 aliphatic heterocycles. The van der Waals surface area contributed by atoms with E-state index in [1.807, 2.05) is 38.1 Å². The van der Waals surface area contributed by atoms with Gasteiger partial charge in [-0.1, -0.05) is 48.7 Å². The fourth-order valence-corrected chi connectivity index (χ4v) is 5.02. The summed E-state index contributed by atoms with van der Waals surface area (Å²) in [6.07, 6.45) is 4.06. The third-order valence-corrected chi connectivity index (χ3v) is 7.18. The van der Waals surface area contributed by atoms with Gasteiger partial charge < -0.3 is 10.6 Å². The molecule has 2 unspecified atom stereocenters. The van der Waals surface area contributed by atoms with Crippen LogP contribution in [-0.2, 0) is 25.2 Å². The molecule has 1 aliphatic carbocycles. The highest BCUT2D eigenvalue weighted by molar-refractivity contribution is 7.86. The molecule has 0 saturated heterocycles. The van der Waals surface area contributed by atoms with Crippen molar-refractivity contribution in [1.29, 1.82) is 0 Å². The SMILES string of the molecule is Cc1ccc(NC(=O)CS(=O)CC(=O)N(c2ccccc2C)C(C)C(=O)NC2CCCC2)cc1. The first kappa shape index (κ1) is 25.6. The molecule has 7 nitrogen and oxygen atoms in total. The van der Waals surface area contributed by atoms with Crippen molar-refractivity contribution in [2.45, 2.75) is 58.5 Å². The Kier molecular flexibility index (Phi) is 8.98. The van der Waals surface area contributed by atoms with Crippen LogP contribution in [0.1, 0.15) is 43.7 Å². The van der Waals surface area contributed by atoms with Gasteiger partial charge in [-0.25, -0.2) is 0 Å². The maximum Gasteiger partial charge on any atom is 0.243 e. The highest BCUT2D eigenvalue weighted by atomic mass is 32.2. The van der Waals surface area contributed by atoms with Crippen molar-refractivity contribution in [2.24, 2.45) is 0 Å². The van der Waals surface area contributed by atoms with Crippen LogP contribution >= 0.6 is 0 Å². The second kappa shape index (κ2) is 11.9. The van der Waals surface area contributed by atoms with E-state index < -0.39 is 28.7 Å². The average molecular weight is 484 g/mol. The first-order valence-electron chi connectivity index (χ1n) is 11.6. The minimum Gasteiger partial charge on any atom is -0.352 e. The zero-order valence-electron chi connectivity index (χ0n) is 20.0. The van der Waals surface area contributed by atoms with Gasteiger partial charge in [-0.2, -0.15) is 0 Å². The molecule has 3 amide bonds. The number of hydrogen-bond acceptors (Lipinski definition) is 4. The number of aryl methyl sites for hydroxylation is 2. The molecule has 1 aliphatic rings. The van der Waals surface area contributed by atoms with E-state index in [0.717, 1.165) is 36.8 Å². The predicted octanol–water partition coefficient (Wildman–Crippen LogP) is 3.47.